The Labute approximate surface area is 70.4 Å². The second-order valence-electron chi connectivity index (χ2n) is 2.59. The zero-order chi connectivity index (χ0) is 9.14. The Morgan fingerprint density at radius 3 is 2.67 bits per heavy atom. The Bertz CT molecular complexity index is 207. The normalized spacial score (nSPS) is 29.2. The van der Waals surface area contributed by atoms with E-state index in [-0.39, 0.29) is 0 Å². The number of aliphatic hydroxyl groups excluding tert-OH is 2. The SMILES string of the molecule is COC1C=C(C(O)O)C=CC1O. The van der Waals surface area contributed by atoms with Crippen molar-refractivity contribution in [3.05, 3.63) is 23.8 Å². The predicted molar refractivity (Wildman–Crippen MR) is 42.3 cm³/mol. The van der Waals surface area contributed by atoms with Gasteiger partial charge in [0.25, 0.3) is 0 Å². The van der Waals surface area contributed by atoms with Gasteiger partial charge >= 0.3 is 0 Å². The van der Waals surface area contributed by atoms with Crippen molar-refractivity contribution in [1.29, 1.82) is 0 Å². The van der Waals surface area contributed by atoms with Crippen LogP contribution in [0.1, 0.15) is 0 Å². The van der Waals surface area contributed by atoms with Crippen LogP contribution in [0.3, 0.4) is 0 Å². The third-order valence-electron chi connectivity index (χ3n) is 1.75. The number of ether oxygens (including phenoxy) is 1. The van der Waals surface area contributed by atoms with Crippen molar-refractivity contribution < 1.29 is 20.1 Å². The summed E-state index contributed by atoms with van der Waals surface area (Å²) >= 11 is 0. The first-order valence-electron chi connectivity index (χ1n) is 3.62. The van der Waals surface area contributed by atoms with Gasteiger partial charge in [0, 0.05) is 12.7 Å². The highest BCUT2D eigenvalue weighted by atomic mass is 16.5. The molecule has 1 aliphatic rings. The molecule has 0 radical (unpaired) electrons. The Hall–Kier alpha value is -0.680. The molecule has 4 nitrogen and oxygen atoms in total. The number of methoxy groups -OCH3 is 1. The second-order valence-corrected chi connectivity index (χ2v) is 2.59. The standard InChI is InChI=1S/C8H12O4/c1-12-7-4-5(8(10)11)2-3-6(7)9/h2-4,6-11H,1H3. The van der Waals surface area contributed by atoms with Crippen LogP contribution in [0.15, 0.2) is 23.8 Å². The summed E-state index contributed by atoms with van der Waals surface area (Å²) in [6.45, 7) is 0. The van der Waals surface area contributed by atoms with Crippen molar-refractivity contribution in [3.63, 3.8) is 0 Å². The van der Waals surface area contributed by atoms with Crippen LogP contribution in [0.4, 0.5) is 0 Å². The Morgan fingerprint density at radius 1 is 1.50 bits per heavy atom. The van der Waals surface area contributed by atoms with E-state index in [1.807, 2.05) is 0 Å². The number of aliphatic hydroxyl groups is 3. The number of rotatable bonds is 2. The molecule has 0 saturated heterocycles. The van der Waals surface area contributed by atoms with Crippen LogP contribution in [0.2, 0.25) is 0 Å². The summed E-state index contributed by atoms with van der Waals surface area (Å²) in [5.74, 6) is 0. The summed E-state index contributed by atoms with van der Waals surface area (Å²) in [6, 6.07) is 0. The summed E-state index contributed by atoms with van der Waals surface area (Å²) in [5.41, 5.74) is 0.340. The molecule has 1 aliphatic carbocycles. The lowest BCUT2D eigenvalue weighted by Crippen LogP contribution is -2.28. The molecule has 0 aromatic carbocycles. The minimum atomic E-state index is -1.51. The largest absolute Gasteiger partial charge is 0.386 e. The molecular formula is C8H12O4. The lowest BCUT2D eigenvalue weighted by molar-refractivity contribution is -0.0103. The number of hydrogen-bond donors (Lipinski definition) is 3. The molecule has 12 heavy (non-hydrogen) atoms. The molecule has 0 amide bonds. The Kier molecular flexibility index (Phi) is 2.99. The van der Waals surface area contributed by atoms with E-state index in [0.717, 1.165) is 0 Å². The van der Waals surface area contributed by atoms with Gasteiger partial charge in [-0.25, -0.2) is 0 Å². The first-order chi connectivity index (χ1) is 5.65. The molecule has 2 atom stereocenters. The van der Waals surface area contributed by atoms with Gasteiger partial charge in [-0.2, -0.15) is 0 Å². The first-order valence-corrected chi connectivity index (χ1v) is 3.62. The second kappa shape index (κ2) is 3.82. The van der Waals surface area contributed by atoms with Crippen LogP contribution in [0.5, 0.6) is 0 Å². The molecule has 0 aromatic rings. The van der Waals surface area contributed by atoms with E-state index in [1.54, 1.807) is 0 Å². The average Bonchev–Trinajstić information content (AvgIpc) is 2.05. The molecular weight excluding hydrogens is 160 g/mol. The van der Waals surface area contributed by atoms with Gasteiger partial charge in [-0.1, -0.05) is 12.2 Å². The molecule has 2 unspecified atom stereocenters. The molecule has 0 bridgehead atoms. The highest BCUT2D eigenvalue weighted by Crippen LogP contribution is 2.15. The van der Waals surface area contributed by atoms with Crippen LogP contribution in [0.25, 0.3) is 0 Å². The minimum absolute atomic E-state index is 0.340. The fraction of sp³-hybridized carbons (Fsp3) is 0.500. The van der Waals surface area contributed by atoms with E-state index < -0.39 is 18.5 Å². The van der Waals surface area contributed by atoms with Crippen LogP contribution >= 0.6 is 0 Å². The van der Waals surface area contributed by atoms with Crippen LogP contribution in [-0.4, -0.2) is 40.9 Å². The molecule has 0 fully saturated rings. The van der Waals surface area contributed by atoms with Crippen molar-refractivity contribution in [2.24, 2.45) is 0 Å². The molecule has 68 valence electrons. The molecule has 1 rings (SSSR count). The van der Waals surface area contributed by atoms with Crippen LogP contribution < -0.4 is 0 Å². The molecule has 0 aliphatic heterocycles. The van der Waals surface area contributed by atoms with E-state index >= 15 is 0 Å². The zero-order valence-corrected chi connectivity index (χ0v) is 6.71. The smallest absolute Gasteiger partial charge is 0.178 e. The monoisotopic (exact) mass is 172 g/mol. The third kappa shape index (κ3) is 1.92. The first kappa shape index (κ1) is 9.41. The predicted octanol–water partition coefficient (Wildman–Crippen LogP) is -0.831. The van der Waals surface area contributed by atoms with E-state index in [9.17, 15) is 5.11 Å². The molecule has 0 aromatic heterocycles. The molecule has 3 N–H and O–H groups in total. The van der Waals surface area contributed by atoms with E-state index in [1.165, 1.54) is 25.3 Å². The van der Waals surface area contributed by atoms with Crippen molar-refractivity contribution in [3.8, 4) is 0 Å². The van der Waals surface area contributed by atoms with Gasteiger partial charge in [0.15, 0.2) is 6.29 Å². The molecule has 0 saturated carbocycles. The molecule has 0 spiro atoms. The maximum Gasteiger partial charge on any atom is 0.178 e. The maximum absolute atomic E-state index is 9.25. The maximum atomic E-state index is 9.25. The van der Waals surface area contributed by atoms with E-state index in [0.29, 0.717) is 5.57 Å². The topological polar surface area (TPSA) is 69.9 Å². The van der Waals surface area contributed by atoms with Crippen molar-refractivity contribution in [1.82, 2.24) is 0 Å². The van der Waals surface area contributed by atoms with Gasteiger partial charge in [-0.3, -0.25) is 0 Å². The van der Waals surface area contributed by atoms with Gasteiger partial charge in [0.2, 0.25) is 0 Å². The Balaban J connectivity index is 2.73. The zero-order valence-electron chi connectivity index (χ0n) is 6.71. The average molecular weight is 172 g/mol. The fourth-order valence-corrected chi connectivity index (χ4v) is 1.04. The summed E-state index contributed by atoms with van der Waals surface area (Å²) < 4.78 is 4.88. The lowest BCUT2D eigenvalue weighted by atomic mass is 10.0. The van der Waals surface area contributed by atoms with E-state index in [4.69, 9.17) is 14.9 Å². The van der Waals surface area contributed by atoms with Crippen molar-refractivity contribution in [2.45, 2.75) is 18.5 Å². The van der Waals surface area contributed by atoms with Gasteiger partial charge < -0.3 is 20.1 Å². The van der Waals surface area contributed by atoms with Gasteiger partial charge in [0.05, 0.1) is 0 Å². The summed E-state index contributed by atoms with van der Waals surface area (Å²) in [7, 11) is 1.45. The van der Waals surface area contributed by atoms with Gasteiger partial charge in [-0.05, 0) is 6.08 Å². The van der Waals surface area contributed by atoms with E-state index in [2.05, 4.69) is 0 Å². The highest BCUT2D eigenvalue weighted by Gasteiger charge is 2.19. The fourth-order valence-electron chi connectivity index (χ4n) is 1.04. The minimum Gasteiger partial charge on any atom is -0.386 e. The lowest BCUT2D eigenvalue weighted by Gasteiger charge is -2.21. The molecule has 0 heterocycles. The Morgan fingerprint density at radius 2 is 2.17 bits per heavy atom. The number of hydrogen-bond acceptors (Lipinski definition) is 4. The summed E-state index contributed by atoms with van der Waals surface area (Å²) in [5, 5.41) is 26.8. The summed E-state index contributed by atoms with van der Waals surface area (Å²) in [4.78, 5) is 0. The quantitative estimate of drug-likeness (QED) is 0.475. The van der Waals surface area contributed by atoms with Crippen LogP contribution in [-0.2, 0) is 4.74 Å². The molecule has 4 heteroatoms. The van der Waals surface area contributed by atoms with Crippen molar-refractivity contribution in [2.75, 3.05) is 7.11 Å². The van der Waals surface area contributed by atoms with Gasteiger partial charge in [-0.15, -0.1) is 0 Å². The van der Waals surface area contributed by atoms with Crippen molar-refractivity contribution >= 4 is 0 Å². The summed E-state index contributed by atoms with van der Waals surface area (Å²) in [6.07, 6.45) is 1.69. The van der Waals surface area contributed by atoms with Crippen LogP contribution in [0, 0.1) is 0 Å². The van der Waals surface area contributed by atoms with Gasteiger partial charge in [0.1, 0.15) is 12.2 Å². The highest BCUT2D eigenvalue weighted by molar-refractivity contribution is 5.28. The third-order valence-corrected chi connectivity index (χ3v) is 1.75.